The molecule has 1 saturated heterocycles. The number of likely N-dealkylation sites (tertiary alicyclic amines) is 1. The number of methoxy groups -OCH3 is 1. The average molecular weight is 366 g/mol. The molecule has 142 valence electrons. The lowest BCUT2D eigenvalue weighted by atomic mass is 9.98. The summed E-state index contributed by atoms with van der Waals surface area (Å²) in [6.07, 6.45) is 2.09. The smallest absolute Gasteiger partial charge is 0.255 e. The van der Waals surface area contributed by atoms with Crippen molar-refractivity contribution < 1.29 is 14.3 Å². The highest BCUT2D eigenvalue weighted by Crippen LogP contribution is 2.26. The molecule has 1 aliphatic heterocycles. The fourth-order valence-corrected chi connectivity index (χ4v) is 3.27. The number of benzene rings is 2. The molecular formula is C22H26N2O3. The van der Waals surface area contributed by atoms with Crippen molar-refractivity contribution in [3.05, 3.63) is 59.2 Å². The predicted molar refractivity (Wildman–Crippen MR) is 106 cm³/mol. The number of hydrogen-bond acceptors (Lipinski definition) is 3. The molecule has 0 atom stereocenters. The van der Waals surface area contributed by atoms with Gasteiger partial charge in [0.2, 0.25) is 0 Å². The van der Waals surface area contributed by atoms with Crippen LogP contribution in [0, 0.1) is 12.8 Å². The lowest BCUT2D eigenvalue weighted by Gasteiger charge is -2.30. The van der Waals surface area contributed by atoms with Crippen LogP contribution in [-0.2, 0) is 0 Å². The van der Waals surface area contributed by atoms with Gasteiger partial charge in [0, 0.05) is 24.2 Å². The van der Waals surface area contributed by atoms with E-state index in [1.807, 2.05) is 30.0 Å². The molecule has 0 radical (unpaired) electrons. The van der Waals surface area contributed by atoms with Crippen molar-refractivity contribution in [3.8, 4) is 5.75 Å². The monoisotopic (exact) mass is 366 g/mol. The van der Waals surface area contributed by atoms with Crippen molar-refractivity contribution in [2.24, 2.45) is 5.92 Å². The van der Waals surface area contributed by atoms with Crippen LogP contribution in [-0.4, -0.2) is 36.9 Å². The summed E-state index contributed by atoms with van der Waals surface area (Å²) in [5.41, 5.74) is 2.78. The highest BCUT2D eigenvalue weighted by molar-refractivity contribution is 6.05. The molecule has 2 aromatic rings. The Labute approximate surface area is 160 Å². The number of carbonyl (C=O) groups is 2. The minimum atomic E-state index is -0.232. The third kappa shape index (κ3) is 4.48. The maximum Gasteiger partial charge on any atom is 0.255 e. The van der Waals surface area contributed by atoms with Crippen LogP contribution < -0.4 is 10.1 Å². The van der Waals surface area contributed by atoms with Crippen LogP contribution in [0.2, 0.25) is 0 Å². The minimum Gasteiger partial charge on any atom is -0.495 e. The second-order valence-electron chi connectivity index (χ2n) is 7.21. The molecule has 2 amide bonds. The molecule has 0 saturated carbocycles. The van der Waals surface area contributed by atoms with Crippen molar-refractivity contribution in [3.63, 3.8) is 0 Å². The molecule has 0 spiro atoms. The van der Waals surface area contributed by atoms with E-state index in [4.69, 9.17) is 4.74 Å². The highest BCUT2D eigenvalue weighted by Gasteiger charge is 2.21. The molecule has 1 heterocycles. The van der Waals surface area contributed by atoms with E-state index in [0.29, 0.717) is 28.5 Å². The predicted octanol–water partition coefficient (Wildman–Crippen LogP) is 4.13. The fraction of sp³-hybridized carbons (Fsp3) is 0.364. The number of rotatable bonds is 4. The van der Waals surface area contributed by atoms with Crippen molar-refractivity contribution >= 4 is 17.5 Å². The second kappa shape index (κ2) is 8.25. The SMILES string of the molecule is COc1ccc(C)cc1NC(=O)c1ccc(C(=O)N2CCC(C)CC2)cc1. The number of ether oxygens (including phenoxy) is 1. The van der Waals surface area contributed by atoms with Crippen LogP contribution in [0.3, 0.4) is 0 Å². The number of nitrogens with zero attached hydrogens (tertiary/aromatic N) is 1. The first-order valence-electron chi connectivity index (χ1n) is 9.33. The maximum absolute atomic E-state index is 12.6. The van der Waals surface area contributed by atoms with E-state index >= 15 is 0 Å². The summed E-state index contributed by atoms with van der Waals surface area (Å²) in [6, 6.07) is 12.5. The van der Waals surface area contributed by atoms with E-state index < -0.39 is 0 Å². The number of carbonyl (C=O) groups excluding carboxylic acids is 2. The molecule has 27 heavy (non-hydrogen) atoms. The molecule has 2 aromatic carbocycles. The summed E-state index contributed by atoms with van der Waals surface area (Å²) in [5, 5.41) is 2.88. The number of anilines is 1. The Kier molecular flexibility index (Phi) is 5.79. The van der Waals surface area contributed by atoms with Crippen LogP contribution in [0.5, 0.6) is 5.75 Å². The van der Waals surface area contributed by atoms with Crippen molar-refractivity contribution in [2.75, 3.05) is 25.5 Å². The van der Waals surface area contributed by atoms with Gasteiger partial charge in [-0.15, -0.1) is 0 Å². The number of nitrogens with one attached hydrogen (secondary N) is 1. The molecule has 0 aromatic heterocycles. The molecule has 3 rings (SSSR count). The number of hydrogen-bond donors (Lipinski definition) is 1. The second-order valence-corrected chi connectivity index (χ2v) is 7.21. The summed E-state index contributed by atoms with van der Waals surface area (Å²) >= 11 is 0. The number of piperidine rings is 1. The van der Waals surface area contributed by atoms with Gasteiger partial charge in [0.25, 0.3) is 11.8 Å². The van der Waals surface area contributed by atoms with E-state index in [2.05, 4.69) is 12.2 Å². The zero-order valence-electron chi connectivity index (χ0n) is 16.1. The number of amides is 2. The summed E-state index contributed by atoms with van der Waals surface area (Å²) < 4.78 is 5.30. The van der Waals surface area contributed by atoms with Gasteiger partial charge in [-0.2, -0.15) is 0 Å². The molecule has 0 bridgehead atoms. The first-order valence-corrected chi connectivity index (χ1v) is 9.33. The van der Waals surface area contributed by atoms with Crippen LogP contribution in [0.1, 0.15) is 46.0 Å². The summed E-state index contributed by atoms with van der Waals surface area (Å²) in [6.45, 7) is 5.78. The van der Waals surface area contributed by atoms with Gasteiger partial charge in [-0.05, 0) is 67.6 Å². The maximum atomic E-state index is 12.6. The normalized spacial score (nSPS) is 14.7. The topological polar surface area (TPSA) is 58.6 Å². The Morgan fingerprint density at radius 3 is 2.30 bits per heavy atom. The molecular weight excluding hydrogens is 340 g/mol. The lowest BCUT2D eigenvalue weighted by Crippen LogP contribution is -2.37. The largest absolute Gasteiger partial charge is 0.495 e. The Balaban J connectivity index is 1.69. The summed E-state index contributed by atoms with van der Waals surface area (Å²) in [7, 11) is 1.57. The Morgan fingerprint density at radius 2 is 1.67 bits per heavy atom. The molecule has 0 unspecified atom stereocenters. The van der Waals surface area contributed by atoms with Crippen molar-refractivity contribution in [1.29, 1.82) is 0 Å². The lowest BCUT2D eigenvalue weighted by molar-refractivity contribution is 0.0697. The van der Waals surface area contributed by atoms with Gasteiger partial charge in [-0.3, -0.25) is 9.59 Å². The van der Waals surface area contributed by atoms with Gasteiger partial charge in [0.15, 0.2) is 0 Å². The third-order valence-corrected chi connectivity index (χ3v) is 5.07. The van der Waals surface area contributed by atoms with E-state index in [1.54, 1.807) is 31.4 Å². The minimum absolute atomic E-state index is 0.0363. The first-order chi connectivity index (χ1) is 13.0. The molecule has 1 N–H and O–H groups in total. The van der Waals surface area contributed by atoms with Gasteiger partial charge >= 0.3 is 0 Å². The average Bonchev–Trinajstić information content (AvgIpc) is 2.68. The van der Waals surface area contributed by atoms with Crippen LogP contribution in [0.4, 0.5) is 5.69 Å². The molecule has 5 heteroatoms. The van der Waals surface area contributed by atoms with Gasteiger partial charge in [0.05, 0.1) is 12.8 Å². The Hall–Kier alpha value is -2.82. The van der Waals surface area contributed by atoms with Crippen LogP contribution >= 0.6 is 0 Å². The van der Waals surface area contributed by atoms with E-state index in [9.17, 15) is 9.59 Å². The van der Waals surface area contributed by atoms with Crippen molar-refractivity contribution in [1.82, 2.24) is 4.90 Å². The zero-order chi connectivity index (χ0) is 19.4. The van der Waals surface area contributed by atoms with Gasteiger partial charge in [-0.1, -0.05) is 13.0 Å². The zero-order valence-corrected chi connectivity index (χ0v) is 16.1. The van der Waals surface area contributed by atoms with E-state index in [0.717, 1.165) is 31.5 Å². The summed E-state index contributed by atoms with van der Waals surface area (Å²) in [4.78, 5) is 27.1. The molecule has 1 fully saturated rings. The van der Waals surface area contributed by atoms with Crippen LogP contribution in [0.15, 0.2) is 42.5 Å². The van der Waals surface area contributed by atoms with Gasteiger partial charge in [0.1, 0.15) is 5.75 Å². The van der Waals surface area contributed by atoms with Crippen LogP contribution in [0.25, 0.3) is 0 Å². The standard InChI is InChI=1S/C22H26N2O3/c1-15-10-12-24(13-11-15)22(26)18-7-5-17(6-8-18)21(25)23-19-14-16(2)4-9-20(19)27-3/h4-9,14-15H,10-13H2,1-3H3,(H,23,25). The Morgan fingerprint density at radius 1 is 1.04 bits per heavy atom. The van der Waals surface area contributed by atoms with E-state index in [1.165, 1.54) is 0 Å². The van der Waals surface area contributed by atoms with E-state index in [-0.39, 0.29) is 11.8 Å². The Bertz CT molecular complexity index is 822. The summed E-state index contributed by atoms with van der Waals surface area (Å²) in [5.74, 6) is 1.10. The highest BCUT2D eigenvalue weighted by atomic mass is 16.5. The molecule has 5 nitrogen and oxygen atoms in total. The van der Waals surface area contributed by atoms with Gasteiger partial charge in [-0.25, -0.2) is 0 Å². The molecule has 0 aliphatic carbocycles. The van der Waals surface area contributed by atoms with Crippen molar-refractivity contribution in [2.45, 2.75) is 26.7 Å². The molecule has 1 aliphatic rings. The fourth-order valence-electron chi connectivity index (χ4n) is 3.27. The third-order valence-electron chi connectivity index (χ3n) is 5.07. The quantitative estimate of drug-likeness (QED) is 0.885. The number of aryl methyl sites for hydroxylation is 1. The first kappa shape index (κ1) is 19.0. The van der Waals surface area contributed by atoms with Gasteiger partial charge < -0.3 is 15.0 Å².